The highest BCUT2D eigenvalue weighted by molar-refractivity contribution is 7.92. The molecular formula is C30H33FN6O3S. The van der Waals surface area contributed by atoms with E-state index < -0.39 is 20.7 Å². The van der Waals surface area contributed by atoms with Crippen molar-refractivity contribution in [3.8, 4) is 17.0 Å². The lowest BCUT2D eigenvalue weighted by Gasteiger charge is -2.32. The smallest absolute Gasteiger partial charge is 0.264 e. The molecule has 9 nitrogen and oxygen atoms in total. The first-order valence-corrected chi connectivity index (χ1v) is 14.9. The van der Waals surface area contributed by atoms with E-state index in [1.165, 1.54) is 24.5 Å². The van der Waals surface area contributed by atoms with Gasteiger partial charge in [0.1, 0.15) is 28.6 Å². The number of nitrogens with one attached hydrogen (secondary N) is 2. The van der Waals surface area contributed by atoms with E-state index in [4.69, 9.17) is 4.74 Å². The minimum atomic E-state index is -4.05. The average Bonchev–Trinajstić information content (AvgIpc) is 2.98. The third-order valence-corrected chi connectivity index (χ3v) is 8.23. The van der Waals surface area contributed by atoms with Crippen LogP contribution in [0.5, 0.6) is 5.75 Å². The molecule has 0 bridgehead atoms. The maximum atomic E-state index is 14.0. The summed E-state index contributed by atoms with van der Waals surface area (Å²) >= 11 is 0. The SMILES string of the molecule is CN1CCN(CCCOc2cccc(-c3cc(Nc4ccc(NS(=O)(=O)c5ccccc5F)cc4)ncn3)c2)CC1. The van der Waals surface area contributed by atoms with Gasteiger partial charge in [0.15, 0.2) is 0 Å². The molecular weight excluding hydrogens is 543 g/mol. The molecule has 4 aromatic rings. The van der Waals surface area contributed by atoms with Gasteiger partial charge in [-0.2, -0.15) is 0 Å². The summed E-state index contributed by atoms with van der Waals surface area (Å²) in [6.45, 7) is 6.12. The molecule has 2 heterocycles. The molecule has 11 heteroatoms. The molecule has 5 rings (SSSR count). The Hall–Kier alpha value is -4.06. The molecule has 0 unspecified atom stereocenters. The first-order valence-electron chi connectivity index (χ1n) is 13.5. The second-order valence-electron chi connectivity index (χ2n) is 9.90. The molecule has 214 valence electrons. The van der Waals surface area contributed by atoms with Gasteiger partial charge in [0, 0.05) is 55.7 Å². The van der Waals surface area contributed by atoms with Crippen molar-refractivity contribution in [1.82, 2.24) is 19.8 Å². The van der Waals surface area contributed by atoms with Crippen molar-refractivity contribution in [2.45, 2.75) is 11.3 Å². The van der Waals surface area contributed by atoms with Crippen LogP contribution in [0.25, 0.3) is 11.3 Å². The standard InChI is InChI=1S/C30H33FN6O3S/c1-36-15-17-37(18-16-36)14-5-19-40-26-7-4-6-23(20-26)28-21-30(33-22-32-28)34-24-10-12-25(13-11-24)35-41(38,39)29-9-3-2-8-27(29)31/h2-4,6-13,20-22,35H,5,14-19H2,1H3,(H,32,33,34). The fourth-order valence-corrected chi connectivity index (χ4v) is 5.66. The number of hydrogen-bond acceptors (Lipinski definition) is 8. The van der Waals surface area contributed by atoms with Gasteiger partial charge < -0.3 is 19.9 Å². The lowest BCUT2D eigenvalue weighted by molar-refractivity contribution is 0.145. The summed E-state index contributed by atoms with van der Waals surface area (Å²) in [5.74, 6) is 0.562. The molecule has 0 spiro atoms. The van der Waals surface area contributed by atoms with Crippen molar-refractivity contribution >= 4 is 27.2 Å². The van der Waals surface area contributed by atoms with Crippen LogP contribution >= 0.6 is 0 Å². The normalized spacial score (nSPS) is 14.5. The Bertz CT molecular complexity index is 1560. The summed E-state index contributed by atoms with van der Waals surface area (Å²) in [6.07, 6.45) is 2.46. The highest BCUT2D eigenvalue weighted by atomic mass is 32.2. The van der Waals surface area contributed by atoms with E-state index in [9.17, 15) is 12.8 Å². The molecule has 0 saturated carbocycles. The number of halogens is 1. The van der Waals surface area contributed by atoms with Crippen LogP contribution in [0.4, 0.5) is 21.6 Å². The van der Waals surface area contributed by atoms with Crippen LogP contribution in [0.15, 0.2) is 90.1 Å². The molecule has 41 heavy (non-hydrogen) atoms. The molecule has 1 aliphatic heterocycles. The van der Waals surface area contributed by atoms with Crippen LogP contribution in [0.1, 0.15) is 6.42 Å². The zero-order valence-electron chi connectivity index (χ0n) is 22.8. The van der Waals surface area contributed by atoms with Crippen molar-refractivity contribution in [1.29, 1.82) is 0 Å². The van der Waals surface area contributed by atoms with Crippen LogP contribution in [-0.2, 0) is 10.0 Å². The number of piperazine rings is 1. The van der Waals surface area contributed by atoms with Gasteiger partial charge in [0.2, 0.25) is 0 Å². The van der Waals surface area contributed by atoms with Crippen LogP contribution in [0, 0.1) is 5.82 Å². The van der Waals surface area contributed by atoms with Crippen LogP contribution < -0.4 is 14.8 Å². The maximum absolute atomic E-state index is 14.0. The molecule has 0 atom stereocenters. The Morgan fingerprint density at radius 3 is 2.44 bits per heavy atom. The summed E-state index contributed by atoms with van der Waals surface area (Å²) in [4.78, 5) is 13.2. The van der Waals surface area contributed by atoms with Gasteiger partial charge >= 0.3 is 0 Å². The van der Waals surface area contributed by atoms with E-state index in [1.807, 2.05) is 30.3 Å². The topological polar surface area (TPSA) is 99.7 Å². The average molecular weight is 577 g/mol. The van der Waals surface area contributed by atoms with Gasteiger partial charge in [0.25, 0.3) is 10.0 Å². The zero-order valence-corrected chi connectivity index (χ0v) is 23.6. The summed E-state index contributed by atoms with van der Waals surface area (Å²) in [5, 5.41) is 3.21. The lowest BCUT2D eigenvalue weighted by Crippen LogP contribution is -2.44. The number of nitrogens with zero attached hydrogens (tertiary/aromatic N) is 4. The number of hydrogen-bond donors (Lipinski definition) is 2. The first kappa shape index (κ1) is 28.5. The predicted molar refractivity (Wildman–Crippen MR) is 158 cm³/mol. The fourth-order valence-electron chi connectivity index (χ4n) is 4.52. The van der Waals surface area contributed by atoms with Gasteiger partial charge in [-0.1, -0.05) is 24.3 Å². The maximum Gasteiger partial charge on any atom is 0.264 e. The Kier molecular flexibility index (Phi) is 9.07. The highest BCUT2D eigenvalue weighted by Gasteiger charge is 2.18. The molecule has 2 N–H and O–H groups in total. The monoisotopic (exact) mass is 576 g/mol. The molecule has 1 fully saturated rings. The highest BCUT2D eigenvalue weighted by Crippen LogP contribution is 2.26. The lowest BCUT2D eigenvalue weighted by atomic mass is 10.1. The number of rotatable bonds is 11. The summed E-state index contributed by atoms with van der Waals surface area (Å²) in [6, 6.07) is 21.5. The minimum absolute atomic E-state index is 0.308. The third kappa shape index (κ3) is 7.78. The van der Waals surface area contributed by atoms with E-state index in [0.717, 1.165) is 62.2 Å². The van der Waals surface area contributed by atoms with E-state index in [2.05, 4.69) is 36.9 Å². The van der Waals surface area contributed by atoms with Gasteiger partial charge in [-0.15, -0.1) is 0 Å². The quantitative estimate of drug-likeness (QED) is 0.245. The molecule has 0 amide bonds. The molecule has 1 aromatic heterocycles. The van der Waals surface area contributed by atoms with Crippen molar-refractivity contribution in [2.75, 3.05) is 56.4 Å². The first-order chi connectivity index (χ1) is 19.9. The Morgan fingerprint density at radius 1 is 0.902 bits per heavy atom. The van der Waals surface area contributed by atoms with E-state index in [0.29, 0.717) is 23.8 Å². The number of ether oxygens (including phenoxy) is 1. The van der Waals surface area contributed by atoms with Gasteiger partial charge in [0.05, 0.1) is 12.3 Å². The Labute approximate surface area is 240 Å². The number of aromatic nitrogens is 2. The van der Waals surface area contributed by atoms with Gasteiger partial charge in [-0.25, -0.2) is 22.8 Å². The van der Waals surface area contributed by atoms with E-state index in [1.54, 1.807) is 24.3 Å². The number of benzene rings is 3. The van der Waals surface area contributed by atoms with Crippen molar-refractivity contribution in [2.24, 2.45) is 0 Å². The largest absolute Gasteiger partial charge is 0.494 e. The van der Waals surface area contributed by atoms with Gasteiger partial charge in [-0.3, -0.25) is 4.72 Å². The van der Waals surface area contributed by atoms with Crippen LogP contribution in [0.2, 0.25) is 0 Å². The predicted octanol–water partition coefficient (Wildman–Crippen LogP) is 4.84. The summed E-state index contributed by atoms with van der Waals surface area (Å²) < 4.78 is 47.5. The second-order valence-corrected chi connectivity index (χ2v) is 11.6. The molecule has 0 radical (unpaired) electrons. The van der Waals surface area contributed by atoms with Crippen LogP contribution in [-0.4, -0.2) is 74.6 Å². The van der Waals surface area contributed by atoms with Crippen LogP contribution in [0.3, 0.4) is 0 Å². The zero-order chi connectivity index (χ0) is 28.7. The molecule has 0 aliphatic carbocycles. The Morgan fingerprint density at radius 2 is 1.66 bits per heavy atom. The number of sulfonamides is 1. The number of likely N-dealkylation sites (N-methyl/N-ethyl adjacent to an activating group) is 1. The third-order valence-electron chi connectivity index (χ3n) is 6.82. The summed E-state index contributed by atoms with van der Waals surface area (Å²) in [5.41, 5.74) is 2.65. The Balaban J connectivity index is 1.17. The van der Waals surface area contributed by atoms with Crippen molar-refractivity contribution in [3.05, 3.63) is 91.0 Å². The summed E-state index contributed by atoms with van der Waals surface area (Å²) in [7, 11) is -1.89. The van der Waals surface area contributed by atoms with E-state index >= 15 is 0 Å². The number of anilines is 3. The van der Waals surface area contributed by atoms with E-state index in [-0.39, 0.29) is 0 Å². The minimum Gasteiger partial charge on any atom is -0.494 e. The van der Waals surface area contributed by atoms with Crippen molar-refractivity contribution < 1.29 is 17.5 Å². The fraction of sp³-hybridized carbons (Fsp3) is 0.267. The molecule has 1 saturated heterocycles. The molecule has 1 aliphatic rings. The van der Waals surface area contributed by atoms with Crippen molar-refractivity contribution in [3.63, 3.8) is 0 Å². The molecule has 3 aromatic carbocycles. The second kappa shape index (κ2) is 13.1. The van der Waals surface area contributed by atoms with Gasteiger partial charge in [-0.05, 0) is 62.0 Å².